The van der Waals surface area contributed by atoms with Gasteiger partial charge in [0.15, 0.2) is 0 Å². The van der Waals surface area contributed by atoms with Gasteiger partial charge < -0.3 is 10.0 Å². The Bertz CT molecular complexity index is 908. The summed E-state index contributed by atoms with van der Waals surface area (Å²) in [6.07, 6.45) is 2.25. The van der Waals surface area contributed by atoms with Crippen LogP contribution in [0.15, 0.2) is 41.5 Å². The minimum absolute atomic E-state index is 0.0415. The largest absolute Gasteiger partial charge is 0.507 e. The maximum Gasteiger partial charge on any atom is 0.275 e. The van der Waals surface area contributed by atoms with Crippen LogP contribution < -0.4 is 10.3 Å². The second kappa shape index (κ2) is 7.02. The summed E-state index contributed by atoms with van der Waals surface area (Å²) < 4.78 is 14.6. The van der Waals surface area contributed by atoms with E-state index in [0.29, 0.717) is 5.56 Å². The van der Waals surface area contributed by atoms with E-state index in [-0.39, 0.29) is 22.8 Å². The van der Waals surface area contributed by atoms with E-state index in [1.54, 1.807) is 18.2 Å². The molecule has 0 aliphatic carbocycles. The molecule has 0 radical (unpaired) electrons. The Kier molecular flexibility index (Phi) is 4.91. The SMILES string of the molecule is CC1CC(C)(C)N(C)c2cc(F)c(/C=N/NC(=O)c3ccccc3O)cc21. The van der Waals surface area contributed by atoms with Crippen molar-refractivity contribution in [3.8, 4) is 5.75 Å². The molecule has 1 aliphatic heterocycles. The molecular weight excluding hydrogens is 345 g/mol. The third-order valence-electron chi connectivity index (χ3n) is 5.27. The Morgan fingerprint density at radius 2 is 2.07 bits per heavy atom. The first kappa shape index (κ1) is 18.9. The predicted molar refractivity (Wildman–Crippen MR) is 105 cm³/mol. The molecule has 0 saturated carbocycles. The number of carbonyl (C=O) groups excluding carboxylic acids is 1. The van der Waals surface area contributed by atoms with Crippen LogP contribution in [0, 0.1) is 5.82 Å². The van der Waals surface area contributed by atoms with Gasteiger partial charge in [0.05, 0.1) is 11.8 Å². The summed E-state index contributed by atoms with van der Waals surface area (Å²) >= 11 is 0. The van der Waals surface area contributed by atoms with Crippen molar-refractivity contribution in [3.63, 3.8) is 0 Å². The molecular formula is C21H24FN3O2. The van der Waals surface area contributed by atoms with Crippen molar-refractivity contribution in [2.45, 2.75) is 38.6 Å². The number of carbonyl (C=O) groups is 1. The molecule has 0 bridgehead atoms. The van der Waals surface area contributed by atoms with Gasteiger partial charge in [0.25, 0.3) is 5.91 Å². The lowest BCUT2D eigenvalue weighted by atomic mass is 9.80. The van der Waals surface area contributed by atoms with Gasteiger partial charge in [0.1, 0.15) is 11.6 Å². The van der Waals surface area contributed by atoms with Gasteiger partial charge in [-0.25, -0.2) is 9.82 Å². The molecule has 2 aromatic rings. The number of hydrazone groups is 1. The Hall–Kier alpha value is -2.89. The van der Waals surface area contributed by atoms with Crippen molar-refractivity contribution < 1.29 is 14.3 Å². The predicted octanol–water partition coefficient (Wildman–Crippen LogP) is 4.02. The standard InChI is InChI=1S/C21H24FN3O2/c1-13-11-21(2,3)25(4)18-10-17(22)14(9-16(13)18)12-23-24-20(27)15-7-5-6-8-19(15)26/h5-10,12-13,26H,11H2,1-4H3,(H,24,27)/b23-12+. The Morgan fingerprint density at radius 1 is 1.37 bits per heavy atom. The van der Waals surface area contributed by atoms with E-state index in [9.17, 15) is 14.3 Å². The number of nitrogens with one attached hydrogen (secondary N) is 1. The number of nitrogens with zero attached hydrogens (tertiary/aromatic N) is 2. The number of phenols is 1. The average Bonchev–Trinajstić information content (AvgIpc) is 2.60. The molecule has 0 spiro atoms. The van der Waals surface area contributed by atoms with Gasteiger partial charge in [0, 0.05) is 23.8 Å². The summed E-state index contributed by atoms with van der Waals surface area (Å²) in [5.41, 5.74) is 4.64. The monoisotopic (exact) mass is 369 g/mol. The van der Waals surface area contributed by atoms with Crippen LogP contribution in [0.2, 0.25) is 0 Å². The molecule has 27 heavy (non-hydrogen) atoms. The zero-order valence-corrected chi connectivity index (χ0v) is 16.0. The minimum atomic E-state index is -0.558. The summed E-state index contributed by atoms with van der Waals surface area (Å²) in [5, 5.41) is 13.5. The zero-order valence-electron chi connectivity index (χ0n) is 16.0. The van der Waals surface area contributed by atoms with Crippen LogP contribution >= 0.6 is 0 Å². The number of hydrogen-bond acceptors (Lipinski definition) is 4. The van der Waals surface area contributed by atoms with Crippen LogP contribution in [0.4, 0.5) is 10.1 Å². The van der Waals surface area contributed by atoms with Gasteiger partial charge in [-0.05, 0) is 56.0 Å². The first-order valence-electron chi connectivity index (χ1n) is 8.89. The van der Waals surface area contributed by atoms with Crippen LogP contribution in [0.3, 0.4) is 0 Å². The quantitative estimate of drug-likeness (QED) is 0.634. The van der Waals surface area contributed by atoms with Crippen LogP contribution in [-0.4, -0.2) is 29.8 Å². The molecule has 6 heteroatoms. The number of rotatable bonds is 3. The molecule has 1 heterocycles. The number of halogens is 1. The van der Waals surface area contributed by atoms with Crippen LogP contribution in [-0.2, 0) is 0 Å². The third kappa shape index (κ3) is 3.65. The number of aromatic hydroxyl groups is 1. The van der Waals surface area contributed by atoms with Gasteiger partial charge in [-0.3, -0.25) is 4.79 Å². The van der Waals surface area contributed by atoms with Gasteiger partial charge >= 0.3 is 0 Å². The van der Waals surface area contributed by atoms with Crippen LogP contribution in [0.1, 0.15) is 54.6 Å². The number of amides is 1. The van der Waals surface area contributed by atoms with Crippen molar-refractivity contribution >= 4 is 17.8 Å². The number of hydrogen-bond donors (Lipinski definition) is 2. The summed E-state index contributed by atoms with van der Waals surface area (Å²) in [6.45, 7) is 6.43. The Balaban J connectivity index is 1.82. The maximum absolute atomic E-state index is 14.6. The molecule has 5 nitrogen and oxygen atoms in total. The topological polar surface area (TPSA) is 64.9 Å². The van der Waals surface area contributed by atoms with E-state index in [1.165, 1.54) is 24.4 Å². The van der Waals surface area contributed by atoms with Crippen LogP contribution in [0.25, 0.3) is 0 Å². The van der Waals surface area contributed by atoms with E-state index in [1.807, 2.05) is 7.05 Å². The summed E-state index contributed by atoms with van der Waals surface area (Å²) in [4.78, 5) is 14.2. The van der Waals surface area contributed by atoms with Gasteiger partial charge in [0.2, 0.25) is 0 Å². The average molecular weight is 369 g/mol. The highest BCUT2D eigenvalue weighted by Crippen LogP contribution is 2.43. The number of anilines is 1. The molecule has 1 unspecified atom stereocenters. The lowest BCUT2D eigenvalue weighted by molar-refractivity contribution is 0.0952. The second-order valence-corrected chi connectivity index (χ2v) is 7.63. The molecule has 3 rings (SSSR count). The minimum Gasteiger partial charge on any atom is -0.507 e. The summed E-state index contributed by atoms with van der Waals surface area (Å²) in [5.74, 6) is -0.803. The highest BCUT2D eigenvalue weighted by atomic mass is 19.1. The van der Waals surface area contributed by atoms with E-state index in [2.05, 4.69) is 36.2 Å². The van der Waals surface area contributed by atoms with Crippen molar-refractivity contribution in [3.05, 3.63) is 58.9 Å². The fraction of sp³-hybridized carbons (Fsp3) is 0.333. The number of benzene rings is 2. The van der Waals surface area contributed by atoms with Crippen molar-refractivity contribution in [1.29, 1.82) is 0 Å². The fourth-order valence-electron chi connectivity index (χ4n) is 3.59. The van der Waals surface area contributed by atoms with E-state index < -0.39 is 11.7 Å². The lowest BCUT2D eigenvalue weighted by Crippen LogP contribution is -2.45. The molecule has 142 valence electrons. The van der Waals surface area contributed by atoms with Crippen molar-refractivity contribution in [2.75, 3.05) is 11.9 Å². The summed E-state index contributed by atoms with van der Waals surface area (Å²) in [6, 6.07) is 9.48. The molecule has 0 aromatic heterocycles. The highest BCUT2D eigenvalue weighted by molar-refractivity contribution is 5.97. The maximum atomic E-state index is 14.6. The zero-order chi connectivity index (χ0) is 19.8. The fourth-order valence-corrected chi connectivity index (χ4v) is 3.59. The molecule has 0 saturated heterocycles. The van der Waals surface area contributed by atoms with Crippen molar-refractivity contribution in [2.24, 2.45) is 5.10 Å². The molecule has 2 aromatic carbocycles. The van der Waals surface area contributed by atoms with Gasteiger partial charge in [-0.1, -0.05) is 19.1 Å². The second-order valence-electron chi connectivity index (χ2n) is 7.63. The first-order valence-corrected chi connectivity index (χ1v) is 8.89. The van der Waals surface area contributed by atoms with Crippen LogP contribution in [0.5, 0.6) is 5.75 Å². The number of phenolic OH excluding ortho intramolecular Hbond substituents is 1. The smallest absolute Gasteiger partial charge is 0.275 e. The van der Waals surface area contributed by atoms with Gasteiger partial charge in [-0.15, -0.1) is 0 Å². The molecule has 1 aliphatic rings. The molecule has 1 amide bonds. The summed E-state index contributed by atoms with van der Waals surface area (Å²) in [7, 11) is 1.98. The lowest BCUT2D eigenvalue weighted by Gasteiger charge is -2.45. The molecule has 0 fully saturated rings. The normalized spacial score (nSPS) is 18.4. The first-order chi connectivity index (χ1) is 12.7. The molecule has 2 N–H and O–H groups in total. The van der Waals surface area contributed by atoms with E-state index in [0.717, 1.165) is 17.7 Å². The Morgan fingerprint density at radius 3 is 2.78 bits per heavy atom. The van der Waals surface area contributed by atoms with E-state index >= 15 is 0 Å². The van der Waals surface area contributed by atoms with E-state index in [4.69, 9.17) is 0 Å². The number of para-hydroxylation sites is 1. The highest BCUT2D eigenvalue weighted by Gasteiger charge is 2.34. The molecule has 1 atom stereocenters. The third-order valence-corrected chi connectivity index (χ3v) is 5.27. The van der Waals surface area contributed by atoms with Crippen molar-refractivity contribution in [1.82, 2.24) is 5.43 Å². The number of fused-ring (bicyclic) bond motifs is 1. The van der Waals surface area contributed by atoms with Gasteiger partial charge in [-0.2, -0.15) is 5.10 Å². The Labute approximate surface area is 158 Å².